The van der Waals surface area contributed by atoms with E-state index in [9.17, 15) is 0 Å². The summed E-state index contributed by atoms with van der Waals surface area (Å²) in [6.45, 7) is 10.0. The first-order valence-corrected chi connectivity index (χ1v) is 8.17. The molecule has 0 saturated heterocycles. The molecule has 0 spiro atoms. The van der Waals surface area contributed by atoms with Crippen molar-refractivity contribution in [1.82, 2.24) is 5.32 Å². The third kappa shape index (κ3) is 4.66. The van der Waals surface area contributed by atoms with Gasteiger partial charge in [-0.2, -0.15) is 0 Å². The fourth-order valence-electron chi connectivity index (χ4n) is 2.43. The molecule has 0 aliphatic rings. The van der Waals surface area contributed by atoms with Crippen molar-refractivity contribution in [1.29, 1.82) is 0 Å². The highest BCUT2D eigenvalue weighted by molar-refractivity contribution is 7.99. The van der Waals surface area contributed by atoms with E-state index in [1.807, 2.05) is 11.8 Å². The summed E-state index contributed by atoms with van der Waals surface area (Å²) in [7, 11) is 0. The van der Waals surface area contributed by atoms with Crippen LogP contribution in [-0.2, 0) is 0 Å². The molecular formula is C16H27NS. The van der Waals surface area contributed by atoms with Gasteiger partial charge in [0.1, 0.15) is 0 Å². The van der Waals surface area contributed by atoms with Crippen LogP contribution in [0.4, 0.5) is 0 Å². The summed E-state index contributed by atoms with van der Waals surface area (Å²) >= 11 is 1.91. The predicted molar refractivity (Wildman–Crippen MR) is 83.3 cm³/mol. The molecule has 0 heterocycles. The zero-order valence-electron chi connectivity index (χ0n) is 12.2. The number of benzene rings is 1. The van der Waals surface area contributed by atoms with Crippen molar-refractivity contribution in [2.75, 3.05) is 12.3 Å². The summed E-state index contributed by atoms with van der Waals surface area (Å²) in [5.41, 5.74) is 1.43. The van der Waals surface area contributed by atoms with Crippen molar-refractivity contribution in [3.63, 3.8) is 0 Å². The van der Waals surface area contributed by atoms with Crippen LogP contribution in [-0.4, -0.2) is 12.3 Å². The van der Waals surface area contributed by atoms with E-state index in [0.717, 1.165) is 12.3 Å². The summed E-state index contributed by atoms with van der Waals surface area (Å²) in [4.78, 5) is 1.37. The standard InChI is InChI=1S/C16H27NS/c1-5-8-13(4)16(17-6-2)14-9-11-15(12-10-14)18-7-3/h9-13,16-17H,5-8H2,1-4H3. The Balaban J connectivity index is 2.78. The molecule has 0 amide bonds. The molecule has 1 nitrogen and oxygen atoms in total. The second kappa shape index (κ2) is 8.60. The van der Waals surface area contributed by atoms with E-state index in [2.05, 4.69) is 57.3 Å². The summed E-state index contributed by atoms with van der Waals surface area (Å²) < 4.78 is 0. The van der Waals surface area contributed by atoms with Crippen molar-refractivity contribution in [3.8, 4) is 0 Å². The summed E-state index contributed by atoms with van der Waals surface area (Å²) in [5, 5.41) is 3.63. The van der Waals surface area contributed by atoms with Gasteiger partial charge in [0.2, 0.25) is 0 Å². The van der Waals surface area contributed by atoms with Crippen molar-refractivity contribution in [2.45, 2.75) is 51.5 Å². The third-order valence-electron chi connectivity index (χ3n) is 3.29. The van der Waals surface area contributed by atoms with Crippen molar-refractivity contribution in [2.24, 2.45) is 5.92 Å². The van der Waals surface area contributed by atoms with Crippen LogP contribution in [0.2, 0.25) is 0 Å². The van der Waals surface area contributed by atoms with Crippen LogP contribution in [0.1, 0.15) is 52.1 Å². The Morgan fingerprint density at radius 2 is 1.78 bits per heavy atom. The van der Waals surface area contributed by atoms with Gasteiger partial charge in [-0.1, -0.05) is 46.2 Å². The molecule has 0 fully saturated rings. The highest BCUT2D eigenvalue weighted by Gasteiger charge is 2.17. The van der Waals surface area contributed by atoms with Gasteiger partial charge >= 0.3 is 0 Å². The first kappa shape index (κ1) is 15.6. The quantitative estimate of drug-likeness (QED) is 0.672. The topological polar surface area (TPSA) is 12.0 Å². The lowest BCUT2D eigenvalue weighted by atomic mass is 9.91. The lowest BCUT2D eigenvalue weighted by Crippen LogP contribution is -2.26. The minimum Gasteiger partial charge on any atom is -0.310 e. The number of nitrogens with one attached hydrogen (secondary N) is 1. The van der Waals surface area contributed by atoms with Gasteiger partial charge in [0, 0.05) is 10.9 Å². The van der Waals surface area contributed by atoms with Crippen molar-refractivity contribution in [3.05, 3.63) is 29.8 Å². The van der Waals surface area contributed by atoms with E-state index < -0.39 is 0 Å². The van der Waals surface area contributed by atoms with Gasteiger partial charge in [-0.15, -0.1) is 11.8 Å². The molecule has 18 heavy (non-hydrogen) atoms. The Morgan fingerprint density at radius 3 is 2.28 bits per heavy atom. The Morgan fingerprint density at radius 1 is 1.11 bits per heavy atom. The smallest absolute Gasteiger partial charge is 0.0345 e. The average Bonchev–Trinajstić information content (AvgIpc) is 2.38. The van der Waals surface area contributed by atoms with Gasteiger partial charge in [0.05, 0.1) is 0 Å². The minimum atomic E-state index is 0.496. The molecule has 0 aliphatic heterocycles. The average molecular weight is 265 g/mol. The molecule has 2 unspecified atom stereocenters. The van der Waals surface area contributed by atoms with E-state index in [0.29, 0.717) is 12.0 Å². The minimum absolute atomic E-state index is 0.496. The zero-order chi connectivity index (χ0) is 13.4. The lowest BCUT2D eigenvalue weighted by molar-refractivity contribution is 0.369. The van der Waals surface area contributed by atoms with Gasteiger partial charge in [-0.3, -0.25) is 0 Å². The van der Waals surface area contributed by atoms with Crippen LogP contribution in [0.15, 0.2) is 29.2 Å². The largest absolute Gasteiger partial charge is 0.310 e. The normalized spacial score (nSPS) is 14.4. The molecule has 0 radical (unpaired) electrons. The predicted octanol–water partition coefficient (Wildman–Crippen LogP) is 4.89. The highest BCUT2D eigenvalue weighted by atomic mass is 32.2. The molecular weight excluding hydrogens is 238 g/mol. The molecule has 1 aromatic carbocycles. The molecule has 1 N–H and O–H groups in total. The van der Waals surface area contributed by atoms with Gasteiger partial charge in [0.15, 0.2) is 0 Å². The Labute approximate surface area is 117 Å². The van der Waals surface area contributed by atoms with Crippen LogP contribution in [0.25, 0.3) is 0 Å². The van der Waals surface area contributed by atoms with Crippen LogP contribution in [0.3, 0.4) is 0 Å². The molecule has 2 atom stereocenters. The van der Waals surface area contributed by atoms with Gasteiger partial charge in [0.25, 0.3) is 0 Å². The maximum absolute atomic E-state index is 3.63. The van der Waals surface area contributed by atoms with E-state index in [4.69, 9.17) is 0 Å². The summed E-state index contributed by atoms with van der Waals surface area (Å²) in [5.74, 6) is 1.84. The first-order valence-electron chi connectivity index (χ1n) is 7.19. The van der Waals surface area contributed by atoms with Crippen LogP contribution >= 0.6 is 11.8 Å². The number of hydrogen-bond acceptors (Lipinski definition) is 2. The molecule has 1 rings (SSSR count). The zero-order valence-corrected chi connectivity index (χ0v) is 13.0. The SMILES string of the molecule is CCCC(C)C(NCC)c1ccc(SCC)cc1. The Bertz CT molecular complexity index is 320. The van der Waals surface area contributed by atoms with Gasteiger partial charge < -0.3 is 5.32 Å². The molecule has 2 heteroatoms. The number of hydrogen-bond donors (Lipinski definition) is 1. The second-order valence-electron chi connectivity index (χ2n) is 4.80. The fourth-order valence-corrected chi connectivity index (χ4v) is 3.09. The summed E-state index contributed by atoms with van der Waals surface area (Å²) in [6, 6.07) is 9.59. The Hall–Kier alpha value is -0.470. The molecule has 0 aliphatic carbocycles. The maximum Gasteiger partial charge on any atom is 0.0345 e. The maximum atomic E-state index is 3.63. The highest BCUT2D eigenvalue weighted by Crippen LogP contribution is 2.27. The van der Waals surface area contributed by atoms with Crippen LogP contribution < -0.4 is 5.32 Å². The van der Waals surface area contributed by atoms with Crippen molar-refractivity contribution >= 4 is 11.8 Å². The molecule has 0 saturated carbocycles. The summed E-state index contributed by atoms with van der Waals surface area (Å²) in [6.07, 6.45) is 2.54. The van der Waals surface area contributed by atoms with E-state index in [-0.39, 0.29) is 0 Å². The fraction of sp³-hybridized carbons (Fsp3) is 0.625. The molecule has 102 valence electrons. The van der Waals surface area contributed by atoms with Gasteiger partial charge in [-0.05, 0) is 42.3 Å². The molecule has 0 bridgehead atoms. The van der Waals surface area contributed by atoms with Gasteiger partial charge in [-0.25, -0.2) is 0 Å². The first-order chi connectivity index (χ1) is 8.72. The third-order valence-corrected chi connectivity index (χ3v) is 4.18. The number of thioether (sulfide) groups is 1. The van der Waals surface area contributed by atoms with Crippen LogP contribution in [0, 0.1) is 5.92 Å². The lowest BCUT2D eigenvalue weighted by Gasteiger charge is -2.25. The van der Waals surface area contributed by atoms with E-state index in [1.54, 1.807) is 0 Å². The number of rotatable bonds is 8. The van der Waals surface area contributed by atoms with E-state index in [1.165, 1.54) is 23.3 Å². The molecule has 1 aromatic rings. The second-order valence-corrected chi connectivity index (χ2v) is 6.14. The monoisotopic (exact) mass is 265 g/mol. The van der Waals surface area contributed by atoms with Crippen LogP contribution in [0.5, 0.6) is 0 Å². The van der Waals surface area contributed by atoms with E-state index >= 15 is 0 Å². The van der Waals surface area contributed by atoms with Crippen molar-refractivity contribution < 1.29 is 0 Å². The Kier molecular flexibility index (Phi) is 7.45. The molecule has 0 aromatic heterocycles.